The second-order valence-electron chi connectivity index (χ2n) is 5.53. The van der Waals surface area contributed by atoms with Crippen LogP contribution >= 0.6 is 0 Å². The fraction of sp³-hybridized carbons (Fsp3) is 0.625. The molecule has 0 saturated carbocycles. The van der Waals surface area contributed by atoms with Crippen molar-refractivity contribution >= 4 is 0 Å². The van der Waals surface area contributed by atoms with Crippen molar-refractivity contribution in [2.75, 3.05) is 6.61 Å². The number of hydrogen-bond acceptors (Lipinski definition) is 2. The molecule has 1 N–H and O–H groups in total. The third kappa shape index (κ3) is 5.95. The van der Waals surface area contributed by atoms with E-state index in [1.165, 1.54) is 19.3 Å². The Bertz CT molecular complexity index is 334. The van der Waals surface area contributed by atoms with Crippen molar-refractivity contribution in [1.82, 2.24) is 0 Å². The highest BCUT2D eigenvalue weighted by Crippen LogP contribution is 2.25. The summed E-state index contributed by atoms with van der Waals surface area (Å²) in [4.78, 5) is 0. The van der Waals surface area contributed by atoms with Crippen molar-refractivity contribution in [1.29, 1.82) is 0 Å². The molecule has 0 bridgehead atoms. The Hall–Kier alpha value is -1.18. The van der Waals surface area contributed by atoms with Gasteiger partial charge in [-0.05, 0) is 30.4 Å². The van der Waals surface area contributed by atoms with E-state index in [9.17, 15) is 5.11 Å². The van der Waals surface area contributed by atoms with E-state index in [0.717, 1.165) is 12.3 Å². The normalized spacial score (nSPS) is 12.7. The van der Waals surface area contributed by atoms with Gasteiger partial charge in [-0.25, -0.2) is 0 Å². The first-order chi connectivity index (χ1) is 8.59. The Morgan fingerprint density at radius 1 is 1.06 bits per heavy atom. The molecule has 0 aliphatic heterocycles. The van der Waals surface area contributed by atoms with Gasteiger partial charge in [0.1, 0.15) is 0 Å². The molecule has 0 saturated heterocycles. The summed E-state index contributed by atoms with van der Waals surface area (Å²) in [6, 6.07) is 7.14. The molecule has 1 unspecified atom stereocenters. The fourth-order valence-electron chi connectivity index (χ4n) is 1.97. The van der Waals surface area contributed by atoms with Crippen LogP contribution in [0.4, 0.5) is 0 Å². The fourth-order valence-corrected chi connectivity index (χ4v) is 1.97. The summed E-state index contributed by atoms with van der Waals surface area (Å²) in [5, 5.41) is 9.55. The quantitative estimate of drug-likeness (QED) is 0.729. The van der Waals surface area contributed by atoms with Crippen LogP contribution in [0.5, 0.6) is 11.5 Å². The zero-order chi connectivity index (χ0) is 13.4. The minimum absolute atomic E-state index is 0.227. The molecule has 1 atom stereocenters. The highest BCUT2D eigenvalue weighted by atomic mass is 16.5. The van der Waals surface area contributed by atoms with Gasteiger partial charge in [-0.3, -0.25) is 0 Å². The average molecular weight is 250 g/mol. The first kappa shape index (κ1) is 14.9. The molecule has 0 amide bonds. The summed E-state index contributed by atoms with van der Waals surface area (Å²) in [6.45, 7) is 7.49. The Labute approximate surface area is 111 Å². The van der Waals surface area contributed by atoms with Crippen LogP contribution in [0, 0.1) is 11.8 Å². The molecule has 0 aliphatic rings. The first-order valence-corrected chi connectivity index (χ1v) is 7.00. The van der Waals surface area contributed by atoms with E-state index < -0.39 is 0 Å². The van der Waals surface area contributed by atoms with Gasteiger partial charge in [0.2, 0.25) is 0 Å². The third-order valence-corrected chi connectivity index (χ3v) is 3.21. The van der Waals surface area contributed by atoms with Gasteiger partial charge in [-0.15, -0.1) is 0 Å². The minimum Gasteiger partial charge on any atom is -0.504 e. The number of aromatic hydroxyl groups is 1. The third-order valence-electron chi connectivity index (χ3n) is 3.21. The van der Waals surface area contributed by atoms with Gasteiger partial charge in [-0.1, -0.05) is 52.2 Å². The van der Waals surface area contributed by atoms with Gasteiger partial charge in [0, 0.05) is 0 Å². The largest absolute Gasteiger partial charge is 0.504 e. The number of benzene rings is 1. The lowest BCUT2D eigenvalue weighted by Crippen LogP contribution is -2.04. The van der Waals surface area contributed by atoms with Crippen molar-refractivity contribution in [3.05, 3.63) is 24.3 Å². The van der Waals surface area contributed by atoms with Crippen molar-refractivity contribution in [3.63, 3.8) is 0 Å². The molecule has 102 valence electrons. The minimum atomic E-state index is 0.227. The summed E-state index contributed by atoms with van der Waals surface area (Å²) in [6.07, 6.45) is 4.93. The van der Waals surface area contributed by atoms with Crippen LogP contribution in [0.15, 0.2) is 24.3 Å². The number of ether oxygens (including phenoxy) is 1. The van der Waals surface area contributed by atoms with E-state index in [1.54, 1.807) is 18.2 Å². The van der Waals surface area contributed by atoms with Crippen LogP contribution in [0.2, 0.25) is 0 Å². The van der Waals surface area contributed by atoms with Crippen LogP contribution in [0.3, 0.4) is 0 Å². The monoisotopic (exact) mass is 250 g/mol. The maximum Gasteiger partial charge on any atom is 0.160 e. The highest BCUT2D eigenvalue weighted by Gasteiger charge is 2.05. The molecule has 0 aromatic heterocycles. The number of phenolic OH excluding ortho intramolecular Hbond substituents is 1. The highest BCUT2D eigenvalue weighted by molar-refractivity contribution is 5.37. The van der Waals surface area contributed by atoms with Crippen molar-refractivity contribution in [2.45, 2.75) is 46.5 Å². The van der Waals surface area contributed by atoms with Gasteiger partial charge in [0.15, 0.2) is 11.5 Å². The lowest BCUT2D eigenvalue weighted by Gasteiger charge is -2.13. The second kappa shape index (κ2) is 8.02. The van der Waals surface area contributed by atoms with Gasteiger partial charge in [0.05, 0.1) is 6.61 Å². The molecule has 1 rings (SSSR count). The molecule has 0 radical (unpaired) electrons. The van der Waals surface area contributed by atoms with Crippen molar-refractivity contribution in [3.8, 4) is 11.5 Å². The van der Waals surface area contributed by atoms with Crippen molar-refractivity contribution < 1.29 is 9.84 Å². The van der Waals surface area contributed by atoms with Gasteiger partial charge >= 0.3 is 0 Å². The molecule has 2 heteroatoms. The van der Waals surface area contributed by atoms with E-state index in [1.807, 2.05) is 6.07 Å². The zero-order valence-electron chi connectivity index (χ0n) is 11.9. The second-order valence-corrected chi connectivity index (χ2v) is 5.53. The van der Waals surface area contributed by atoms with E-state index >= 15 is 0 Å². The smallest absolute Gasteiger partial charge is 0.160 e. The van der Waals surface area contributed by atoms with Crippen LogP contribution in [-0.4, -0.2) is 11.7 Å². The molecule has 18 heavy (non-hydrogen) atoms. The average Bonchev–Trinajstić information content (AvgIpc) is 2.31. The van der Waals surface area contributed by atoms with Crippen LogP contribution in [-0.2, 0) is 0 Å². The Morgan fingerprint density at radius 2 is 1.78 bits per heavy atom. The lowest BCUT2D eigenvalue weighted by molar-refractivity contribution is 0.265. The Kier molecular flexibility index (Phi) is 6.63. The molecule has 2 nitrogen and oxygen atoms in total. The van der Waals surface area contributed by atoms with E-state index in [-0.39, 0.29) is 5.75 Å². The summed E-state index contributed by atoms with van der Waals surface area (Å²) in [5.41, 5.74) is 0. The van der Waals surface area contributed by atoms with Gasteiger partial charge < -0.3 is 9.84 Å². The SMILES string of the molecule is CC(C)CCCC(C)CCOc1ccccc1O. The van der Waals surface area contributed by atoms with E-state index in [0.29, 0.717) is 18.3 Å². The predicted molar refractivity (Wildman–Crippen MR) is 76.1 cm³/mol. The Morgan fingerprint density at radius 3 is 2.44 bits per heavy atom. The van der Waals surface area contributed by atoms with Crippen molar-refractivity contribution in [2.24, 2.45) is 11.8 Å². The van der Waals surface area contributed by atoms with E-state index in [4.69, 9.17) is 4.74 Å². The molecule has 0 fully saturated rings. The van der Waals surface area contributed by atoms with Gasteiger partial charge in [-0.2, -0.15) is 0 Å². The summed E-state index contributed by atoms with van der Waals surface area (Å²) < 4.78 is 5.58. The van der Waals surface area contributed by atoms with Crippen LogP contribution in [0.1, 0.15) is 46.5 Å². The molecule has 0 spiro atoms. The summed E-state index contributed by atoms with van der Waals surface area (Å²) in [5.74, 6) is 2.31. The van der Waals surface area contributed by atoms with Gasteiger partial charge in [0.25, 0.3) is 0 Å². The van der Waals surface area contributed by atoms with Crippen LogP contribution in [0.25, 0.3) is 0 Å². The number of hydrogen-bond donors (Lipinski definition) is 1. The first-order valence-electron chi connectivity index (χ1n) is 7.00. The van der Waals surface area contributed by atoms with E-state index in [2.05, 4.69) is 20.8 Å². The molecule has 1 aromatic rings. The molecule has 0 heterocycles. The maximum atomic E-state index is 9.55. The molecular formula is C16H26O2. The van der Waals surface area contributed by atoms with Crippen LogP contribution < -0.4 is 4.74 Å². The Balaban J connectivity index is 2.15. The number of rotatable bonds is 8. The predicted octanol–water partition coefficient (Wildman–Crippen LogP) is 4.62. The topological polar surface area (TPSA) is 29.5 Å². The zero-order valence-corrected chi connectivity index (χ0v) is 11.9. The molecule has 0 aliphatic carbocycles. The summed E-state index contributed by atoms with van der Waals surface area (Å²) in [7, 11) is 0. The molecular weight excluding hydrogens is 224 g/mol. The lowest BCUT2D eigenvalue weighted by atomic mass is 9.98. The summed E-state index contributed by atoms with van der Waals surface area (Å²) >= 11 is 0. The standard InChI is InChI=1S/C16H26O2/c1-13(2)7-6-8-14(3)11-12-18-16-10-5-4-9-15(16)17/h4-5,9-10,13-14,17H,6-8,11-12H2,1-3H3. The number of phenols is 1. The maximum absolute atomic E-state index is 9.55. The number of para-hydroxylation sites is 2. The molecule has 1 aromatic carbocycles.